The smallest absolute Gasteiger partial charge is 0.262 e. The van der Waals surface area contributed by atoms with Crippen molar-refractivity contribution in [2.45, 2.75) is 0 Å². The lowest BCUT2D eigenvalue weighted by molar-refractivity contribution is -0.136. The van der Waals surface area contributed by atoms with Crippen molar-refractivity contribution in [1.82, 2.24) is 4.42 Å². The van der Waals surface area contributed by atoms with Gasteiger partial charge in [-0.05, 0) is 0 Å². The molecular formula is C4H6ClNO2. The van der Waals surface area contributed by atoms with Gasteiger partial charge in [0.25, 0.3) is 5.91 Å². The molecule has 3 nitrogen and oxygen atoms in total. The molecule has 1 heterocycles. The van der Waals surface area contributed by atoms with Crippen molar-refractivity contribution >= 4 is 17.7 Å². The molecule has 0 aromatic carbocycles. The Balaban J connectivity index is 2.39. The molecule has 0 saturated carbocycles. The molecule has 4 heteroatoms. The number of hydrogen-bond acceptors (Lipinski definition) is 2. The van der Waals surface area contributed by atoms with Crippen LogP contribution in [-0.4, -0.2) is 30.1 Å². The molecular weight excluding hydrogens is 130 g/mol. The van der Waals surface area contributed by atoms with Gasteiger partial charge in [-0.2, -0.15) is 0 Å². The van der Waals surface area contributed by atoms with Gasteiger partial charge in [-0.15, -0.1) is 0 Å². The van der Waals surface area contributed by atoms with E-state index in [-0.39, 0.29) is 12.5 Å². The molecule has 0 aromatic heterocycles. The van der Waals surface area contributed by atoms with Crippen LogP contribution in [0.1, 0.15) is 0 Å². The van der Waals surface area contributed by atoms with Gasteiger partial charge >= 0.3 is 0 Å². The molecule has 46 valence electrons. The fourth-order valence-electron chi connectivity index (χ4n) is 0.499. The van der Waals surface area contributed by atoms with Gasteiger partial charge in [0.1, 0.15) is 6.61 Å². The molecule has 0 aromatic rings. The van der Waals surface area contributed by atoms with Crippen molar-refractivity contribution in [2.75, 3.05) is 19.8 Å². The van der Waals surface area contributed by atoms with Crippen LogP contribution in [0.2, 0.25) is 0 Å². The standard InChI is InChI=1S/C4H6ClNO2/c5-6-1-2-8-3-4(6)7/h1-3H2. The molecule has 1 saturated heterocycles. The van der Waals surface area contributed by atoms with Gasteiger partial charge in [-0.25, -0.2) is 0 Å². The molecule has 0 aliphatic carbocycles. The van der Waals surface area contributed by atoms with E-state index in [2.05, 4.69) is 0 Å². The summed E-state index contributed by atoms with van der Waals surface area (Å²) in [6.07, 6.45) is 0. The Labute approximate surface area is 52.3 Å². The maximum atomic E-state index is 10.5. The molecule has 1 aliphatic heterocycles. The monoisotopic (exact) mass is 135 g/mol. The zero-order chi connectivity index (χ0) is 5.98. The number of amides is 1. The Morgan fingerprint density at radius 3 is 2.88 bits per heavy atom. The number of ether oxygens (including phenoxy) is 1. The summed E-state index contributed by atoms with van der Waals surface area (Å²) < 4.78 is 5.92. The molecule has 0 atom stereocenters. The van der Waals surface area contributed by atoms with Gasteiger partial charge in [0.05, 0.1) is 13.2 Å². The highest BCUT2D eigenvalue weighted by atomic mass is 35.5. The number of rotatable bonds is 0. The fourth-order valence-corrected chi connectivity index (χ4v) is 0.617. The van der Waals surface area contributed by atoms with E-state index in [0.717, 1.165) is 4.42 Å². The summed E-state index contributed by atoms with van der Waals surface area (Å²) >= 11 is 5.37. The lowest BCUT2D eigenvalue weighted by Gasteiger charge is -2.18. The van der Waals surface area contributed by atoms with Crippen molar-refractivity contribution in [2.24, 2.45) is 0 Å². The van der Waals surface area contributed by atoms with Crippen LogP contribution in [0.15, 0.2) is 0 Å². The van der Waals surface area contributed by atoms with Crippen LogP contribution < -0.4 is 0 Å². The van der Waals surface area contributed by atoms with Crippen LogP contribution >= 0.6 is 11.8 Å². The van der Waals surface area contributed by atoms with Gasteiger partial charge in [0, 0.05) is 11.8 Å². The van der Waals surface area contributed by atoms with Crippen LogP contribution in [-0.2, 0) is 9.53 Å². The SMILES string of the molecule is O=C1COCCN1Cl. The van der Waals surface area contributed by atoms with Crippen LogP contribution in [0.25, 0.3) is 0 Å². The van der Waals surface area contributed by atoms with Gasteiger partial charge in [0.15, 0.2) is 0 Å². The first-order valence-electron chi connectivity index (χ1n) is 2.34. The number of halogens is 1. The molecule has 1 fully saturated rings. The van der Waals surface area contributed by atoms with E-state index in [1.54, 1.807) is 0 Å². The van der Waals surface area contributed by atoms with Gasteiger partial charge in [-0.1, -0.05) is 0 Å². The van der Waals surface area contributed by atoms with E-state index in [4.69, 9.17) is 16.5 Å². The Hall–Kier alpha value is -0.280. The van der Waals surface area contributed by atoms with Gasteiger partial charge < -0.3 is 4.74 Å². The van der Waals surface area contributed by atoms with Crippen molar-refractivity contribution in [3.63, 3.8) is 0 Å². The zero-order valence-corrected chi connectivity index (χ0v) is 5.02. The largest absolute Gasteiger partial charge is 0.370 e. The van der Waals surface area contributed by atoms with E-state index in [0.29, 0.717) is 13.2 Å². The summed E-state index contributed by atoms with van der Waals surface area (Å²) in [7, 11) is 0. The van der Waals surface area contributed by atoms with Crippen LogP contribution in [0.3, 0.4) is 0 Å². The molecule has 0 unspecified atom stereocenters. The van der Waals surface area contributed by atoms with E-state index in [9.17, 15) is 4.79 Å². The minimum atomic E-state index is -0.155. The normalized spacial score (nSPS) is 21.6. The van der Waals surface area contributed by atoms with Crippen molar-refractivity contribution < 1.29 is 9.53 Å². The van der Waals surface area contributed by atoms with Crippen molar-refractivity contribution in [3.8, 4) is 0 Å². The predicted octanol–water partition coefficient (Wildman–Crippen LogP) is -0.001000. The maximum absolute atomic E-state index is 10.5. The number of hydrogen-bond donors (Lipinski definition) is 0. The van der Waals surface area contributed by atoms with Crippen molar-refractivity contribution in [1.29, 1.82) is 0 Å². The summed E-state index contributed by atoms with van der Waals surface area (Å²) in [4.78, 5) is 10.5. The lowest BCUT2D eigenvalue weighted by atomic mass is 10.5. The number of nitrogens with zero attached hydrogens (tertiary/aromatic N) is 1. The Kier molecular flexibility index (Phi) is 1.70. The topological polar surface area (TPSA) is 29.5 Å². The summed E-state index contributed by atoms with van der Waals surface area (Å²) in [5, 5.41) is 0. The Morgan fingerprint density at radius 1 is 1.75 bits per heavy atom. The number of carbonyl (C=O) groups excluding carboxylic acids is 1. The highest BCUT2D eigenvalue weighted by Gasteiger charge is 2.15. The van der Waals surface area contributed by atoms with E-state index >= 15 is 0 Å². The van der Waals surface area contributed by atoms with E-state index in [1.165, 1.54) is 0 Å². The van der Waals surface area contributed by atoms with Crippen molar-refractivity contribution in [3.05, 3.63) is 0 Å². The average Bonchev–Trinajstić information content (AvgIpc) is 1.77. The molecule has 0 N–H and O–H groups in total. The first-order valence-corrected chi connectivity index (χ1v) is 2.68. The van der Waals surface area contributed by atoms with Crippen LogP contribution in [0.5, 0.6) is 0 Å². The second kappa shape index (κ2) is 2.33. The maximum Gasteiger partial charge on any atom is 0.262 e. The third-order valence-corrected chi connectivity index (χ3v) is 1.29. The molecule has 0 bridgehead atoms. The van der Waals surface area contributed by atoms with E-state index in [1.807, 2.05) is 0 Å². The van der Waals surface area contributed by atoms with E-state index < -0.39 is 0 Å². The summed E-state index contributed by atoms with van der Waals surface area (Å²) in [5.74, 6) is -0.155. The minimum absolute atomic E-state index is 0.128. The second-order valence-electron chi connectivity index (χ2n) is 1.53. The van der Waals surface area contributed by atoms with Gasteiger partial charge in [-0.3, -0.25) is 9.21 Å². The average molecular weight is 136 g/mol. The minimum Gasteiger partial charge on any atom is -0.370 e. The molecule has 0 spiro atoms. The first kappa shape index (κ1) is 5.85. The first-order chi connectivity index (χ1) is 3.80. The molecule has 1 amide bonds. The zero-order valence-electron chi connectivity index (χ0n) is 4.26. The summed E-state index contributed by atoms with van der Waals surface area (Å²) in [6, 6.07) is 0. The number of morpholine rings is 1. The summed E-state index contributed by atoms with van der Waals surface area (Å²) in [6.45, 7) is 1.18. The third-order valence-electron chi connectivity index (χ3n) is 0.928. The Bertz CT molecular complexity index is 106. The lowest BCUT2D eigenvalue weighted by Crippen LogP contribution is -2.34. The Morgan fingerprint density at radius 2 is 2.50 bits per heavy atom. The third kappa shape index (κ3) is 1.11. The molecule has 1 aliphatic rings. The van der Waals surface area contributed by atoms with Crippen LogP contribution in [0, 0.1) is 0 Å². The predicted molar refractivity (Wildman–Crippen MR) is 28.4 cm³/mol. The summed E-state index contributed by atoms with van der Waals surface area (Å²) in [5.41, 5.74) is 0. The van der Waals surface area contributed by atoms with Crippen LogP contribution in [0.4, 0.5) is 0 Å². The molecule has 1 rings (SSSR count). The van der Waals surface area contributed by atoms with Gasteiger partial charge in [0.2, 0.25) is 0 Å². The second-order valence-corrected chi connectivity index (χ2v) is 1.94. The fraction of sp³-hybridized carbons (Fsp3) is 0.750. The quantitative estimate of drug-likeness (QED) is 0.438. The number of carbonyl (C=O) groups is 1. The molecule has 8 heavy (non-hydrogen) atoms. The highest BCUT2D eigenvalue weighted by molar-refractivity contribution is 6.21. The molecule has 0 radical (unpaired) electrons. The highest BCUT2D eigenvalue weighted by Crippen LogP contribution is 2.00.